The third-order valence-electron chi connectivity index (χ3n) is 7.08. The van der Waals surface area contributed by atoms with Gasteiger partial charge in [0.25, 0.3) is 16.2 Å². The molecule has 2 fully saturated rings. The van der Waals surface area contributed by atoms with E-state index >= 15 is 3.89 Å². The van der Waals surface area contributed by atoms with Crippen LogP contribution in [0.4, 0.5) is 15.3 Å². The number of hydrogen-bond donors (Lipinski definition) is 0. The van der Waals surface area contributed by atoms with Gasteiger partial charge in [-0.25, -0.2) is 0 Å². The molecule has 3 aromatic carbocycles. The second-order valence-electron chi connectivity index (χ2n) is 9.49. The molecule has 0 bridgehead atoms. The molecule has 0 aromatic heterocycles. The highest BCUT2D eigenvalue weighted by atomic mass is 35.5. The molecule has 7 nitrogen and oxygen atoms in total. The lowest BCUT2D eigenvalue weighted by molar-refractivity contribution is -0.0228. The lowest BCUT2D eigenvalue weighted by atomic mass is 10.1. The molecule has 200 valence electrons. The number of nitrogens with zero attached hydrogens (tertiary/aromatic N) is 4. The smallest absolute Gasteiger partial charge is 0.275 e. The van der Waals surface area contributed by atoms with Crippen molar-refractivity contribution in [2.45, 2.75) is 18.6 Å². The summed E-state index contributed by atoms with van der Waals surface area (Å²) in [5.41, 5.74) is 2.43. The van der Waals surface area contributed by atoms with Crippen LogP contribution in [-0.2, 0) is 15.0 Å². The van der Waals surface area contributed by atoms with Gasteiger partial charge in [-0.3, -0.25) is 4.79 Å². The molecule has 3 aromatic rings. The maximum absolute atomic E-state index is 15.3. The van der Waals surface area contributed by atoms with Crippen molar-refractivity contribution in [1.29, 1.82) is 0 Å². The maximum Gasteiger partial charge on any atom is 0.275 e. The van der Waals surface area contributed by atoms with Crippen molar-refractivity contribution in [3.63, 3.8) is 0 Å². The zero-order valence-corrected chi connectivity index (χ0v) is 22.7. The zero-order valence-electron chi connectivity index (χ0n) is 21.1. The van der Waals surface area contributed by atoms with Crippen LogP contribution in [0, 0.1) is 0 Å². The van der Waals surface area contributed by atoms with Crippen LogP contribution in [0.25, 0.3) is 0 Å². The normalized spacial score (nSPS) is 21.6. The van der Waals surface area contributed by atoms with Gasteiger partial charge in [-0.05, 0) is 42.3 Å². The molecule has 0 saturated carbocycles. The van der Waals surface area contributed by atoms with Crippen LogP contribution in [-0.4, -0.2) is 65.2 Å². The first kappa shape index (κ1) is 26.6. The lowest BCUT2D eigenvalue weighted by Gasteiger charge is -2.33. The van der Waals surface area contributed by atoms with Gasteiger partial charge in [0.2, 0.25) is 0 Å². The standard InChI is InChI=1S/C28H30ClFN4O3S/c1-32(23-10-6-3-7-11-23)24-14-15-34(19-24)38(30,36)31-22-12-13-25(26(29)18-22)28(35)33-16-17-37-27(20-33)21-8-4-2-5-9-21/h2-13,18,24,27H,14-17,19-20H2,1H3/t24?,27-,38?/m1/s1. The summed E-state index contributed by atoms with van der Waals surface area (Å²) >= 11 is 6.44. The Bertz CT molecular complexity index is 1400. The van der Waals surface area contributed by atoms with Gasteiger partial charge in [-0.15, -0.1) is 3.89 Å². The number of benzene rings is 3. The van der Waals surface area contributed by atoms with Gasteiger partial charge in [-0.1, -0.05) is 60.1 Å². The van der Waals surface area contributed by atoms with Gasteiger partial charge in [0.1, 0.15) is 6.10 Å². The third-order valence-corrected chi connectivity index (χ3v) is 8.80. The van der Waals surface area contributed by atoms with E-state index in [0.29, 0.717) is 32.7 Å². The predicted octanol–water partition coefficient (Wildman–Crippen LogP) is 5.66. The van der Waals surface area contributed by atoms with Crippen molar-refractivity contribution >= 4 is 39.2 Å². The number of ether oxygens (including phenoxy) is 1. The summed E-state index contributed by atoms with van der Waals surface area (Å²) in [5.74, 6) is -0.238. The molecule has 5 rings (SSSR count). The average Bonchev–Trinajstić information content (AvgIpc) is 3.45. The fourth-order valence-corrected chi connectivity index (χ4v) is 6.33. The van der Waals surface area contributed by atoms with E-state index in [4.69, 9.17) is 16.3 Å². The SMILES string of the molecule is CN(c1ccccc1)C1CCN(S(=O)(F)=Nc2ccc(C(=O)N3CCO[C@@H](c4ccccc4)C3)c(Cl)c2)C1. The van der Waals surface area contributed by atoms with E-state index in [2.05, 4.69) is 9.26 Å². The Hall–Kier alpha value is -2.98. The van der Waals surface area contributed by atoms with Crippen molar-refractivity contribution in [3.05, 3.63) is 95.0 Å². The van der Waals surface area contributed by atoms with Crippen molar-refractivity contribution in [3.8, 4) is 0 Å². The predicted molar refractivity (Wildman–Crippen MR) is 149 cm³/mol. The first-order chi connectivity index (χ1) is 18.3. The quantitative estimate of drug-likeness (QED) is 0.367. The molecule has 0 aliphatic carbocycles. The van der Waals surface area contributed by atoms with Gasteiger partial charge < -0.3 is 14.5 Å². The summed E-state index contributed by atoms with van der Waals surface area (Å²) in [7, 11) is -2.21. The maximum atomic E-state index is 15.3. The first-order valence-corrected chi connectivity index (χ1v) is 14.3. The second kappa shape index (κ2) is 11.4. The number of likely N-dealkylation sites (N-methyl/N-ethyl adjacent to an activating group) is 1. The molecule has 0 spiro atoms. The monoisotopic (exact) mass is 556 g/mol. The number of carbonyl (C=O) groups excluding carboxylic acids is 1. The van der Waals surface area contributed by atoms with E-state index in [1.54, 1.807) is 4.90 Å². The number of hydrogen-bond acceptors (Lipinski definition) is 5. The number of anilines is 1. The Morgan fingerprint density at radius 3 is 2.47 bits per heavy atom. The van der Waals surface area contributed by atoms with Crippen LogP contribution in [0.2, 0.25) is 5.02 Å². The number of rotatable bonds is 6. The average molecular weight is 557 g/mol. The molecule has 0 N–H and O–H groups in total. The van der Waals surface area contributed by atoms with Crippen molar-refractivity contribution in [2.75, 3.05) is 44.7 Å². The largest absolute Gasteiger partial charge is 0.370 e. The molecular formula is C28H30ClFN4O3S. The second-order valence-corrected chi connectivity index (χ2v) is 11.5. The molecule has 2 unspecified atom stereocenters. The van der Waals surface area contributed by atoms with Gasteiger partial charge in [0.15, 0.2) is 0 Å². The molecule has 2 aliphatic heterocycles. The van der Waals surface area contributed by atoms with Crippen molar-refractivity contribution < 1.29 is 17.6 Å². The first-order valence-electron chi connectivity index (χ1n) is 12.6. The fraction of sp³-hybridized carbons (Fsp3) is 0.321. The van der Waals surface area contributed by atoms with Crippen molar-refractivity contribution in [2.24, 2.45) is 4.36 Å². The molecule has 2 heterocycles. The Morgan fingerprint density at radius 1 is 1.05 bits per heavy atom. The lowest BCUT2D eigenvalue weighted by Crippen LogP contribution is -2.42. The molecule has 0 radical (unpaired) electrons. The summed E-state index contributed by atoms with van der Waals surface area (Å²) in [5, 5.41) is 0.136. The van der Waals surface area contributed by atoms with E-state index in [1.807, 2.05) is 67.7 Å². The minimum Gasteiger partial charge on any atom is -0.370 e. The third kappa shape index (κ3) is 5.86. The molecule has 1 amide bonds. The van der Waals surface area contributed by atoms with Crippen LogP contribution in [0.15, 0.2) is 83.2 Å². The molecule has 10 heteroatoms. The molecule has 3 atom stereocenters. The van der Waals surface area contributed by atoms with Crippen LogP contribution >= 0.6 is 11.6 Å². The van der Waals surface area contributed by atoms with Gasteiger partial charge in [0.05, 0.1) is 29.4 Å². The van der Waals surface area contributed by atoms with Gasteiger partial charge in [-0.2, -0.15) is 12.9 Å². The van der Waals surface area contributed by atoms with Crippen molar-refractivity contribution in [1.82, 2.24) is 9.21 Å². The Balaban J connectivity index is 1.27. The molecule has 2 saturated heterocycles. The topological polar surface area (TPSA) is 65.5 Å². The fourth-order valence-electron chi connectivity index (χ4n) is 4.90. The number of carbonyl (C=O) groups is 1. The highest BCUT2D eigenvalue weighted by Crippen LogP contribution is 2.30. The number of morpholine rings is 1. The Kier molecular flexibility index (Phi) is 7.99. The van der Waals surface area contributed by atoms with E-state index in [0.717, 1.165) is 11.3 Å². The Morgan fingerprint density at radius 2 is 1.76 bits per heavy atom. The van der Waals surface area contributed by atoms with E-state index in [-0.39, 0.29) is 40.9 Å². The summed E-state index contributed by atoms with van der Waals surface area (Å²) in [6.45, 7) is 1.86. The minimum absolute atomic E-state index is 0.0148. The van der Waals surface area contributed by atoms with Crippen LogP contribution in [0.3, 0.4) is 0 Å². The van der Waals surface area contributed by atoms with Crippen LogP contribution in [0.5, 0.6) is 0 Å². The summed E-state index contributed by atoms with van der Waals surface area (Å²) in [6.07, 6.45) is 0.447. The summed E-state index contributed by atoms with van der Waals surface area (Å²) in [6, 6.07) is 24.0. The van der Waals surface area contributed by atoms with Crippen LogP contribution in [0.1, 0.15) is 28.4 Å². The highest BCUT2D eigenvalue weighted by molar-refractivity contribution is 7.86. The summed E-state index contributed by atoms with van der Waals surface area (Å²) < 4.78 is 39.3. The Labute approximate surface area is 228 Å². The van der Waals surface area contributed by atoms with Crippen LogP contribution < -0.4 is 4.90 Å². The molecule has 38 heavy (non-hydrogen) atoms. The van der Waals surface area contributed by atoms with Gasteiger partial charge >= 0.3 is 0 Å². The van der Waals surface area contributed by atoms with Gasteiger partial charge in [0, 0.05) is 38.4 Å². The van der Waals surface area contributed by atoms with E-state index < -0.39 is 10.3 Å². The minimum atomic E-state index is -4.16. The molecular weight excluding hydrogens is 527 g/mol. The number of amides is 1. The number of para-hydroxylation sites is 1. The van der Waals surface area contributed by atoms with E-state index in [9.17, 15) is 9.00 Å². The number of halogens is 2. The highest BCUT2D eigenvalue weighted by Gasteiger charge is 2.33. The molecule has 2 aliphatic rings. The summed E-state index contributed by atoms with van der Waals surface area (Å²) in [4.78, 5) is 17.0. The van der Waals surface area contributed by atoms with E-state index in [1.165, 1.54) is 22.5 Å². The zero-order chi connectivity index (χ0) is 26.7.